The lowest BCUT2D eigenvalue weighted by Crippen LogP contribution is -2.11. The molecule has 0 saturated carbocycles. The first-order valence-electron chi connectivity index (χ1n) is 9.61. The van der Waals surface area contributed by atoms with Gasteiger partial charge in [0, 0.05) is 22.4 Å². The molecule has 2 unspecified atom stereocenters. The zero-order valence-electron chi connectivity index (χ0n) is 19.4. The molecule has 0 heterocycles. The van der Waals surface area contributed by atoms with Crippen LogP contribution in [-0.4, -0.2) is 56.8 Å². The SMILES string of the molecule is COc1cc(C=C[S+]([O-])C[S+]([O-])/C=C\c2cc(OC)c(OC)c(OC)c2)cc(OC)c1OC. The maximum Gasteiger partial charge on any atom is 0.262 e. The molecule has 0 aliphatic rings. The van der Waals surface area contributed by atoms with E-state index in [9.17, 15) is 9.11 Å². The highest BCUT2D eigenvalue weighted by Crippen LogP contribution is 2.39. The van der Waals surface area contributed by atoms with Crippen LogP contribution >= 0.6 is 0 Å². The van der Waals surface area contributed by atoms with E-state index in [-0.39, 0.29) is 5.08 Å². The molecular weight excluding hydrogens is 468 g/mol. The number of hydrogen-bond acceptors (Lipinski definition) is 8. The Morgan fingerprint density at radius 1 is 0.576 bits per heavy atom. The molecule has 0 aliphatic carbocycles. The Balaban J connectivity index is 2.09. The van der Waals surface area contributed by atoms with E-state index < -0.39 is 22.4 Å². The van der Waals surface area contributed by atoms with Gasteiger partial charge in [-0.2, -0.15) is 0 Å². The molecule has 2 aromatic carbocycles. The summed E-state index contributed by atoms with van der Waals surface area (Å²) >= 11 is -2.93. The van der Waals surface area contributed by atoms with Gasteiger partial charge in [0.25, 0.3) is 5.08 Å². The van der Waals surface area contributed by atoms with Crippen LogP contribution in [0.25, 0.3) is 12.2 Å². The second-order valence-electron chi connectivity index (χ2n) is 6.40. The van der Waals surface area contributed by atoms with Crippen molar-refractivity contribution in [2.24, 2.45) is 0 Å². The minimum atomic E-state index is -1.46. The third-order valence-electron chi connectivity index (χ3n) is 4.43. The molecule has 180 valence electrons. The smallest absolute Gasteiger partial charge is 0.262 e. The molecule has 2 atom stereocenters. The summed E-state index contributed by atoms with van der Waals surface area (Å²) in [6, 6.07) is 6.93. The lowest BCUT2D eigenvalue weighted by molar-refractivity contribution is 0.324. The predicted molar refractivity (Wildman–Crippen MR) is 131 cm³/mol. The van der Waals surface area contributed by atoms with Crippen molar-refractivity contribution in [3.63, 3.8) is 0 Å². The first-order valence-corrected chi connectivity index (χ1v) is 12.4. The average Bonchev–Trinajstić information content (AvgIpc) is 2.84. The fourth-order valence-electron chi connectivity index (χ4n) is 2.90. The van der Waals surface area contributed by atoms with Crippen LogP contribution < -0.4 is 28.4 Å². The van der Waals surface area contributed by atoms with Crippen LogP contribution in [0.3, 0.4) is 0 Å². The Morgan fingerprint density at radius 2 is 0.879 bits per heavy atom. The highest BCUT2D eigenvalue weighted by molar-refractivity contribution is 8.10. The van der Waals surface area contributed by atoms with E-state index >= 15 is 0 Å². The summed E-state index contributed by atoms with van der Waals surface area (Å²) in [6.07, 6.45) is 3.31. The molecule has 0 N–H and O–H groups in total. The third-order valence-corrected chi connectivity index (χ3v) is 7.17. The number of benzene rings is 2. The van der Waals surface area contributed by atoms with Crippen molar-refractivity contribution < 1.29 is 37.5 Å². The van der Waals surface area contributed by atoms with Crippen LogP contribution in [0.1, 0.15) is 11.1 Å². The minimum absolute atomic E-state index is 0.0537. The molecule has 0 fully saturated rings. The summed E-state index contributed by atoms with van der Waals surface area (Å²) in [5, 5.41) is 2.90. The Hall–Kier alpha value is -2.66. The molecule has 0 aliphatic heterocycles. The fourth-order valence-corrected chi connectivity index (χ4v) is 5.06. The minimum Gasteiger partial charge on any atom is -0.608 e. The molecular formula is C23H28O8S2. The van der Waals surface area contributed by atoms with E-state index in [1.54, 1.807) is 36.4 Å². The summed E-state index contributed by atoms with van der Waals surface area (Å²) in [6.45, 7) is 0. The molecule has 33 heavy (non-hydrogen) atoms. The van der Waals surface area contributed by atoms with Crippen LogP contribution in [0, 0.1) is 0 Å². The van der Waals surface area contributed by atoms with E-state index in [1.807, 2.05) is 0 Å². The van der Waals surface area contributed by atoms with Gasteiger partial charge in [0.1, 0.15) is 10.8 Å². The number of methoxy groups -OCH3 is 6. The van der Waals surface area contributed by atoms with Gasteiger partial charge in [0.05, 0.1) is 42.7 Å². The second kappa shape index (κ2) is 13.1. The summed E-state index contributed by atoms with van der Waals surface area (Å²) in [5.41, 5.74) is 1.41. The molecule has 2 aromatic rings. The zero-order chi connectivity index (χ0) is 24.4. The van der Waals surface area contributed by atoms with Gasteiger partial charge in [0.15, 0.2) is 23.0 Å². The van der Waals surface area contributed by atoms with E-state index in [1.165, 1.54) is 53.5 Å². The first kappa shape index (κ1) is 26.6. The lowest BCUT2D eigenvalue weighted by atomic mass is 10.2. The monoisotopic (exact) mass is 496 g/mol. The van der Waals surface area contributed by atoms with Crippen molar-refractivity contribution in [3.05, 3.63) is 46.2 Å². The lowest BCUT2D eigenvalue weighted by Gasteiger charge is -2.13. The predicted octanol–water partition coefficient (Wildman–Crippen LogP) is 3.83. The van der Waals surface area contributed by atoms with Crippen molar-refractivity contribution in [2.75, 3.05) is 47.7 Å². The van der Waals surface area contributed by atoms with Crippen molar-refractivity contribution >= 4 is 34.5 Å². The molecule has 8 nitrogen and oxygen atoms in total. The van der Waals surface area contributed by atoms with E-state index in [0.717, 1.165) is 0 Å². The maximum absolute atomic E-state index is 12.4. The fraction of sp³-hybridized carbons (Fsp3) is 0.304. The standard InChI is InChI=1S/C23H28O8S2/c1-26-18-11-16(12-19(27-2)22(18)30-5)7-9-32(24)15-33(25)10-8-17-13-20(28-3)23(31-6)21(14-17)29-4/h7-14H,15H2,1-6H3/b9-7-,10-8?. The third kappa shape index (κ3) is 7.16. The van der Waals surface area contributed by atoms with Crippen molar-refractivity contribution in [1.82, 2.24) is 0 Å². The molecule has 0 aromatic heterocycles. The van der Waals surface area contributed by atoms with Gasteiger partial charge in [0.2, 0.25) is 11.5 Å². The zero-order valence-corrected chi connectivity index (χ0v) is 21.0. The maximum atomic E-state index is 12.4. The first-order chi connectivity index (χ1) is 15.9. The Bertz CT molecular complexity index is 849. The van der Waals surface area contributed by atoms with Gasteiger partial charge in [-0.25, -0.2) is 0 Å². The van der Waals surface area contributed by atoms with Gasteiger partial charge in [-0.15, -0.1) is 0 Å². The normalized spacial score (nSPS) is 13.1. The molecule has 0 spiro atoms. The second-order valence-corrected chi connectivity index (χ2v) is 9.41. The molecule has 2 rings (SSSR count). The summed E-state index contributed by atoms with van der Waals surface area (Å²) in [4.78, 5) is 0. The average molecular weight is 497 g/mol. The van der Waals surface area contributed by atoms with Crippen LogP contribution in [0.5, 0.6) is 34.5 Å². The summed E-state index contributed by atoms with van der Waals surface area (Å²) in [7, 11) is 9.12. The van der Waals surface area contributed by atoms with E-state index in [2.05, 4.69) is 0 Å². The van der Waals surface area contributed by atoms with Crippen LogP contribution in [0.2, 0.25) is 0 Å². The molecule has 0 radical (unpaired) electrons. The number of hydrogen-bond donors (Lipinski definition) is 0. The Kier molecular flexibility index (Phi) is 10.6. The van der Waals surface area contributed by atoms with Gasteiger partial charge in [-0.05, 0) is 47.5 Å². The molecule has 0 bridgehead atoms. The van der Waals surface area contributed by atoms with Crippen LogP contribution in [0.4, 0.5) is 0 Å². The molecule has 0 amide bonds. The molecule has 10 heteroatoms. The number of rotatable bonds is 12. The Labute approximate surface area is 200 Å². The van der Waals surface area contributed by atoms with Gasteiger partial charge in [-0.3, -0.25) is 0 Å². The van der Waals surface area contributed by atoms with Gasteiger partial charge in [-0.1, -0.05) is 0 Å². The van der Waals surface area contributed by atoms with E-state index in [4.69, 9.17) is 28.4 Å². The Morgan fingerprint density at radius 3 is 1.12 bits per heavy atom. The van der Waals surface area contributed by atoms with Crippen molar-refractivity contribution in [1.29, 1.82) is 0 Å². The summed E-state index contributed by atoms with van der Waals surface area (Å²) in [5.74, 6) is 2.88. The topological polar surface area (TPSA) is 102 Å². The quantitative estimate of drug-likeness (QED) is 0.409. The van der Waals surface area contributed by atoms with Gasteiger partial charge >= 0.3 is 0 Å². The van der Waals surface area contributed by atoms with Crippen LogP contribution in [-0.2, 0) is 22.4 Å². The van der Waals surface area contributed by atoms with E-state index in [0.29, 0.717) is 45.6 Å². The van der Waals surface area contributed by atoms with Crippen molar-refractivity contribution in [3.8, 4) is 34.5 Å². The number of ether oxygens (including phenoxy) is 6. The van der Waals surface area contributed by atoms with Crippen molar-refractivity contribution in [2.45, 2.75) is 0 Å². The largest absolute Gasteiger partial charge is 0.608 e. The molecule has 0 saturated heterocycles. The van der Waals surface area contributed by atoms with Gasteiger partial charge < -0.3 is 37.5 Å². The van der Waals surface area contributed by atoms with Crippen LogP contribution in [0.15, 0.2) is 35.1 Å². The highest BCUT2D eigenvalue weighted by Gasteiger charge is 2.16. The highest BCUT2D eigenvalue weighted by atomic mass is 32.3. The summed E-state index contributed by atoms with van der Waals surface area (Å²) < 4.78 is 56.7.